The standard InChI is InChI=1S/C17H18F2O/c1-11(2)13-3-5-14(6-4-13)17(20)9-12-7-15(18)10-16(19)8-12/h3-8,10-11,17,20H,9H2,1-2H3. The number of hydrogen-bond acceptors (Lipinski definition) is 1. The van der Waals surface area contributed by atoms with Gasteiger partial charge in [-0.05, 0) is 34.7 Å². The lowest BCUT2D eigenvalue weighted by Gasteiger charge is -2.13. The van der Waals surface area contributed by atoms with E-state index in [1.807, 2.05) is 24.3 Å². The molecule has 3 heteroatoms. The Kier molecular flexibility index (Phi) is 4.50. The van der Waals surface area contributed by atoms with Crippen molar-refractivity contribution in [3.63, 3.8) is 0 Å². The number of hydrogen-bond donors (Lipinski definition) is 1. The van der Waals surface area contributed by atoms with Crippen molar-refractivity contribution in [2.24, 2.45) is 0 Å². The smallest absolute Gasteiger partial charge is 0.126 e. The molecule has 0 bridgehead atoms. The molecule has 0 radical (unpaired) electrons. The van der Waals surface area contributed by atoms with Crippen LogP contribution in [0.4, 0.5) is 8.78 Å². The van der Waals surface area contributed by atoms with Gasteiger partial charge in [-0.1, -0.05) is 38.1 Å². The Hall–Kier alpha value is -1.74. The lowest BCUT2D eigenvalue weighted by molar-refractivity contribution is 0.178. The van der Waals surface area contributed by atoms with E-state index < -0.39 is 17.7 Å². The zero-order valence-electron chi connectivity index (χ0n) is 11.6. The van der Waals surface area contributed by atoms with Crippen LogP contribution in [-0.4, -0.2) is 5.11 Å². The van der Waals surface area contributed by atoms with Gasteiger partial charge in [0, 0.05) is 12.5 Å². The van der Waals surface area contributed by atoms with Crippen LogP contribution in [0.1, 0.15) is 42.6 Å². The predicted molar refractivity (Wildman–Crippen MR) is 75.6 cm³/mol. The molecule has 0 heterocycles. The summed E-state index contributed by atoms with van der Waals surface area (Å²) < 4.78 is 26.2. The molecule has 2 rings (SSSR count). The Morgan fingerprint density at radius 3 is 1.90 bits per heavy atom. The van der Waals surface area contributed by atoms with Crippen molar-refractivity contribution in [1.29, 1.82) is 0 Å². The maximum absolute atomic E-state index is 13.1. The van der Waals surface area contributed by atoms with Crippen LogP contribution >= 0.6 is 0 Å². The van der Waals surface area contributed by atoms with E-state index in [2.05, 4.69) is 13.8 Å². The van der Waals surface area contributed by atoms with Gasteiger partial charge in [0.25, 0.3) is 0 Å². The van der Waals surface area contributed by atoms with Crippen LogP contribution in [0, 0.1) is 11.6 Å². The first-order valence-electron chi connectivity index (χ1n) is 6.68. The molecule has 2 aromatic rings. The third kappa shape index (κ3) is 3.64. The lowest BCUT2D eigenvalue weighted by Crippen LogP contribution is -2.03. The third-order valence-electron chi connectivity index (χ3n) is 3.34. The first kappa shape index (κ1) is 14.7. The average molecular weight is 276 g/mol. The van der Waals surface area contributed by atoms with E-state index in [1.54, 1.807) is 0 Å². The molecular weight excluding hydrogens is 258 g/mol. The molecule has 0 aliphatic rings. The molecule has 0 spiro atoms. The van der Waals surface area contributed by atoms with Crippen LogP contribution in [0.5, 0.6) is 0 Å². The average Bonchev–Trinajstić information content (AvgIpc) is 2.37. The Bertz CT molecular complexity index is 556. The maximum Gasteiger partial charge on any atom is 0.126 e. The van der Waals surface area contributed by atoms with E-state index in [1.165, 1.54) is 17.7 Å². The van der Waals surface area contributed by atoms with Gasteiger partial charge in [-0.15, -0.1) is 0 Å². The number of rotatable bonds is 4. The minimum absolute atomic E-state index is 0.190. The van der Waals surface area contributed by atoms with Crippen molar-refractivity contribution in [2.45, 2.75) is 32.3 Å². The van der Waals surface area contributed by atoms with Gasteiger partial charge in [0.05, 0.1) is 6.10 Å². The highest BCUT2D eigenvalue weighted by Gasteiger charge is 2.11. The summed E-state index contributed by atoms with van der Waals surface area (Å²) in [4.78, 5) is 0. The fraction of sp³-hybridized carbons (Fsp3) is 0.294. The molecule has 20 heavy (non-hydrogen) atoms. The van der Waals surface area contributed by atoms with Gasteiger partial charge in [0.1, 0.15) is 11.6 Å². The third-order valence-corrected chi connectivity index (χ3v) is 3.34. The minimum Gasteiger partial charge on any atom is -0.388 e. The largest absolute Gasteiger partial charge is 0.388 e. The number of benzene rings is 2. The van der Waals surface area contributed by atoms with E-state index in [0.717, 1.165) is 11.6 Å². The highest BCUT2D eigenvalue weighted by Crippen LogP contribution is 2.22. The molecule has 0 aromatic heterocycles. The van der Waals surface area contributed by atoms with Crippen LogP contribution in [0.25, 0.3) is 0 Å². The zero-order valence-corrected chi connectivity index (χ0v) is 11.6. The summed E-state index contributed by atoms with van der Waals surface area (Å²) >= 11 is 0. The Labute approximate surface area is 117 Å². The molecular formula is C17H18F2O. The molecule has 1 nitrogen and oxygen atoms in total. The van der Waals surface area contributed by atoms with Gasteiger partial charge >= 0.3 is 0 Å². The van der Waals surface area contributed by atoms with E-state index in [-0.39, 0.29) is 6.42 Å². The van der Waals surface area contributed by atoms with Gasteiger partial charge < -0.3 is 5.11 Å². The zero-order chi connectivity index (χ0) is 14.7. The first-order chi connectivity index (χ1) is 9.45. The second-order valence-electron chi connectivity index (χ2n) is 5.32. The van der Waals surface area contributed by atoms with Crippen LogP contribution in [0.2, 0.25) is 0 Å². The van der Waals surface area contributed by atoms with Gasteiger partial charge in [-0.2, -0.15) is 0 Å². The molecule has 2 aromatic carbocycles. The Balaban J connectivity index is 2.13. The Morgan fingerprint density at radius 1 is 0.900 bits per heavy atom. The van der Waals surface area contributed by atoms with Crippen molar-refractivity contribution in [1.82, 2.24) is 0 Å². The quantitative estimate of drug-likeness (QED) is 0.879. The SMILES string of the molecule is CC(C)c1ccc(C(O)Cc2cc(F)cc(F)c2)cc1. The van der Waals surface area contributed by atoms with Gasteiger partial charge in [0.15, 0.2) is 0 Å². The van der Waals surface area contributed by atoms with Crippen molar-refractivity contribution in [3.8, 4) is 0 Å². The molecule has 1 unspecified atom stereocenters. The van der Waals surface area contributed by atoms with Crippen LogP contribution < -0.4 is 0 Å². The number of aliphatic hydroxyl groups is 1. The molecule has 1 N–H and O–H groups in total. The summed E-state index contributed by atoms with van der Waals surface area (Å²) in [5.41, 5.74) is 2.39. The van der Waals surface area contributed by atoms with Gasteiger partial charge in [-0.25, -0.2) is 8.78 Å². The monoisotopic (exact) mass is 276 g/mol. The Morgan fingerprint density at radius 2 is 1.40 bits per heavy atom. The van der Waals surface area contributed by atoms with Crippen molar-refractivity contribution < 1.29 is 13.9 Å². The van der Waals surface area contributed by atoms with Gasteiger partial charge in [0.2, 0.25) is 0 Å². The van der Waals surface area contributed by atoms with Crippen molar-refractivity contribution in [3.05, 3.63) is 70.8 Å². The van der Waals surface area contributed by atoms with Crippen LogP contribution in [0.15, 0.2) is 42.5 Å². The summed E-state index contributed by atoms with van der Waals surface area (Å²) in [5.74, 6) is -0.816. The highest BCUT2D eigenvalue weighted by atomic mass is 19.1. The summed E-state index contributed by atoms with van der Waals surface area (Å²) in [6, 6.07) is 11.0. The predicted octanol–water partition coefficient (Wildman–Crippen LogP) is 4.36. The maximum atomic E-state index is 13.1. The second-order valence-corrected chi connectivity index (χ2v) is 5.32. The molecule has 0 saturated carbocycles. The number of halogens is 2. The molecule has 0 aliphatic carbocycles. The van der Waals surface area contributed by atoms with Crippen molar-refractivity contribution >= 4 is 0 Å². The molecule has 106 valence electrons. The van der Waals surface area contributed by atoms with E-state index in [0.29, 0.717) is 11.5 Å². The molecule has 0 fully saturated rings. The molecule has 1 atom stereocenters. The van der Waals surface area contributed by atoms with E-state index in [4.69, 9.17) is 0 Å². The first-order valence-corrected chi connectivity index (χ1v) is 6.68. The fourth-order valence-corrected chi connectivity index (χ4v) is 2.17. The van der Waals surface area contributed by atoms with Crippen LogP contribution in [0.3, 0.4) is 0 Å². The van der Waals surface area contributed by atoms with Crippen molar-refractivity contribution in [2.75, 3.05) is 0 Å². The van der Waals surface area contributed by atoms with E-state index >= 15 is 0 Å². The summed E-state index contributed by atoms with van der Waals surface area (Å²) in [6.07, 6.45) is -0.576. The fourth-order valence-electron chi connectivity index (χ4n) is 2.17. The molecule has 0 amide bonds. The minimum atomic E-state index is -0.766. The lowest BCUT2D eigenvalue weighted by atomic mass is 9.97. The summed E-state index contributed by atoms with van der Waals surface area (Å²) in [5, 5.41) is 10.1. The van der Waals surface area contributed by atoms with E-state index in [9.17, 15) is 13.9 Å². The summed E-state index contributed by atoms with van der Waals surface area (Å²) in [7, 11) is 0. The van der Waals surface area contributed by atoms with Crippen LogP contribution in [-0.2, 0) is 6.42 Å². The van der Waals surface area contributed by atoms with Gasteiger partial charge in [-0.3, -0.25) is 0 Å². The molecule has 0 aliphatic heterocycles. The summed E-state index contributed by atoms with van der Waals surface area (Å²) in [6.45, 7) is 4.20. The number of aliphatic hydroxyl groups excluding tert-OH is 1. The highest BCUT2D eigenvalue weighted by molar-refractivity contribution is 5.28. The topological polar surface area (TPSA) is 20.2 Å². The normalized spacial score (nSPS) is 12.7. The second kappa shape index (κ2) is 6.14. The molecule has 0 saturated heterocycles.